The summed E-state index contributed by atoms with van der Waals surface area (Å²) in [5.74, 6) is 0.782. The van der Waals surface area contributed by atoms with E-state index in [0.29, 0.717) is 16.6 Å². The highest BCUT2D eigenvalue weighted by molar-refractivity contribution is 6.36. The highest BCUT2D eigenvalue weighted by Gasteiger charge is 2.24. The maximum absolute atomic E-state index is 6.32. The molecule has 1 unspecified atom stereocenters. The number of hydrogen-bond donors (Lipinski definition) is 1. The lowest BCUT2D eigenvalue weighted by atomic mass is 9.88. The van der Waals surface area contributed by atoms with Crippen molar-refractivity contribution in [3.63, 3.8) is 0 Å². The molecule has 1 aromatic carbocycles. The highest BCUT2D eigenvalue weighted by atomic mass is 35.5. The molecule has 4 heteroatoms. The summed E-state index contributed by atoms with van der Waals surface area (Å²) in [6.45, 7) is 1.61. The van der Waals surface area contributed by atoms with Gasteiger partial charge in [-0.3, -0.25) is 4.90 Å². The molecule has 0 heterocycles. The number of nitrogens with two attached hydrogens (primary N) is 1. The lowest BCUT2D eigenvalue weighted by Gasteiger charge is -2.33. The molecular weight excluding hydrogens is 291 g/mol. The number of likely N-dealkylation sites (N-methyl/N-ethyl adjacent to an activating group) is 1. The molecule has 2 rings (SSSR count). The number of halogens is 2. The summed E-state index contributed by atoms with van der Waals surface area (Å²) in [6, 6.07) is 5.75. The Labute approximate surface area is 132 Å². The summed E-state index contributed by atoms with van der Waals surface area (Å²) in [5.41, 5.74) is 6.96. The monoisotopic (exact) mass is 314 g/mol. The van der Waals surface area contributed by atoms with E-state index in [0.717, 1.165) is 18.0 Å². The van der Waals surface area contributed by atoms with Crippen molar-refractivity contribution >= 4 is 23.2 Å². The fourth-order valence-electron chi connectivity index (χ4n) is 3.25. The first-order valence-corrected chi connectivity index (χ1v) is 8.23. The van der Waals surface area contributed by atoms with Crippen LogP contribution in [0.25, 0.3) is 0 Å². The van der Waals surface area contributed by atoms with Gasteiger partial charge in [-0.25, -0.2) is 0 Å². The largest absolute Gasteiger partial charge is 0.329 e. The summed E-state index contributed by atoms with van der Waals surface area (Å²) in [5, 5.41) is 1.42. The molecule has 0 amide bonds. The number of benzene rings is 1. The molecule has 112 valence electrons. The van der Waals surface area contributed by atoms with Gasteiger partial charge >= 0.3 is 0 Å². The lowest BCUT2D eigenvalue weighted by molar-refractivity contribution is 0.186. The van der Waals surface area contributed by atoms with E-state index in [9.17, 15) is 0 Å². The van der Waals surface area contributed by atoms with Crippen molar-refractivity contribution in [2.45, 2.75) is 38.1 Å². The van der Waals surface area contributed by atoms with Crippen LogP contribution in [-0.2, 0) is 0 Å². The van der Waals surface area contributed by atoms with E-state index in [1.54, 1.807) is 0 Å². The first-order valence-electron chi connectivity index (χ1n) is 7.47. The van der Waals surface area contributed by atoms with Gasteiger partial charge in [0, 0.05) is 34.7 Å². The molecule has 1 saturated carbocycles. The van der Waals surface area contributed by atoms with Crippen LogP contribution < -0.4 is 5.73 Å². The Balaban J connectivity index is 2.10. The second-order valence-electron chi connectivity index (χ2n) is 5.83. The topological polar surface area (TPSA) is 29.3 Å². The van der Waals surface area contributed by atoms with Gasteiger partial charge < -0.3 is 5.73 Å². The Morgan fingerprint density at radius 2 is 1.80 bits per heavy atom. The van der Waals surface area contributed by atoms with Crippen molar-refractivity contribution in [2.75, 3.05) is 20.1 Å². The molecule has 2 N–H and O–H groups in total. The molecule has 0 saturated heterocycles. The van der Waals surface area contributed by atoms with E-state index >= 15 is 0 Å². The van der Waals surface area contributed by atoms with Gasteiger partial charge in [0.15, 0.2) is 0 Å². The average Bonchev–Trinajstić information content (AvgIpc) is 2.44. The van der Waals surface area contributed by atoms with Crippen molar-refractivity contribution in [3.05, 3.63) is 33.8 Å². The van der Waals surface area contributed by atoms with Crippen LogP contribution in [0.3, 0.4) is 0 Å². The number of rotatable bonds is 5. The second kappa shape index (κ2) is 7.65. The molecule has 1 aliphatic carbocycles. The van der Waals surface area contributed by atoms with Crippen LogP contribution >= 0.6 is 23.2 Å². The predicted octanol–water partition coefficient (Wildman–Crippen LogP) is 4.51. The predicted molar refractivity (Wildman–Crippen MR) is 87.5 cm³/mol. The lowest BCUT2D eigenvalue weighted by Crippen LogP contribution is -2.35. The zero-order valence-electron chi connectivity index (χ0n) is 12.1. The zero-order chi connectivity index (χ0) is 14.5. The van der Waals surface area contributed by atoms with Crippen molar-refractivity contribution in [3.8, 4) is 0 Å². The standard InChI is InChI=1S/C16H24Cl2N2/c1-20(11-12-6-3-2-4-7-12)15(10-19)16-13(17)8-5-9-14(16)18/h5,8-9,12,15H,2-4,6-7,10-11,19H2,1H3. The normalized spacial score (nSPS) is 18.4. The molecule has 0 aliphatic heterocycles. The van der Waals surface area contributed by atoms with Crippen LogP contribution in [0.1, 0.15) is 43.7 Å². The maximum atomic E-state index is 6.32. The minimum Gasteiger partial charge on any atom is -0.329 e. The van der Waals surface area contributed by atoms with Crippen molar-refractivity contribution in [1.29, 1.82) is 0 Å². The molecule has 1 atom stereocenters. The van der Waals surface area contributed by atoms with E-state index in [4.69, 9.17) is 28.9 Å². The van der Waals surface area contributed by atoms with Crippen LogP contribution in [-0.4, -0.2) is 25.0 Å². The molecule has 2 nitrogen and oxygen atoms in total. The van der Waals surface area contributed by atoms with E-state index in [2.05, 4.69) is 11.9 Å². The zero-order valence-corrected chi connectivity index (χ0v) is 13.6. The highest BCUT2D eigenvalue weighted by Crippen LogP contribution is 2.34. The molecule has 0 radical (unpaired) electrons. The van der Waals surface area contributed by atoms with Gasteiger partial charge in [-0.2, -0.15) is 0 Å². The number of nitrogens with zero attached hydrogens (tertiary/aromatic N) is 1. The van der Waals surface area contributed by atoms with E-state index in [-0.39, 0.29) is 6.04 Å². The van der Waals surface area contributed by atoms with Gasteiger partial charge in [-0.1, -0.05) is 48.5 Å². The first-order chi connectivity index (χ1) is 9.63. The Morgan fingerprint density at radius 3 is 2.35 bits per heavy atom. The summed E-state index contributed by atoms with van der Waals surface area (Å²) >= 11 is 12.6. The average molecular weight is 315 g/mol. The van der Waals surface area contributed by atoms with E-state index in [1.165, 1.54) is 32.1 Å². The van der Waals surface area contributed by atoms with Crippen molar-refractivity contribution in [2.24, 2.45) is 11.7 Å². The molecular formula is C16H24Cl2N2. The van der Waals surface area contributed by atoms with Gasteiger partial charge in [-0.05, 0) is 37.9 Å². The van der Waals surface area contributed by atoms with Crippen LogP contribution in [0.15, 0.2) is 18.2 Å². The Bertz CT molecular complexity index is 410. The van der Waals surface area contributed by atoms with Gasteiger partial charge in [-0.15, -0.1) is 0 Å². The molecule has 0 spiro atoms. The minimum atomic E-state index is 0.0955. The van der Waals surface area contributed by atoms with Crippen LogP contribution in [0.2, 0.25) is 10.0 Å². The fraction of sp³-hybridized carbons (Fsp3) is 0.625. The third-order valence-corrected chi connectivity index (χ3v) is 5.02. The molecule has 1 aromatic rings. The maximum Gasteiger partial charge on any atom is 0.0497 e. The molecule has 1 aliphatic rings. The Morgan fingerprint density at radius 1 is 1.20 bits per heavy atom. The van der Waals surface area contributed by atoms with E-state index in [1.807, 2.05) is 18.2 Å². The van der Waals surface area contributed by atoms with Crippen molar-refractivity contribution in [1.82, 2.24) is 4.90 Å². The third kappa shape index (κ3) is 3.88. The molecule has 20 heavy (non-hydrogen) atoms. The van der Waals surface area contributed by atoms with Crippen LogP contribution in [0, 0.1) is 5.92 Å². The molecule has 0 bridgehead atoms. The van der Waals surface area contributed by atoms with Crippen LogP contribution in [0.4, 0.5) is 0 Å². The van der Waals surface area contributed by atoms with Gasteiger partial charge in [0.05, 0.1) is 0 Å². The Kier molecular flexibility index (Phi) is 6.16. The molecule has 1 fully saturated rings. The van der Waals surface area contributed by atoms with Gasteiger partial charge in [0.25, 0.3) is 0 Å². The Hall–Kier alpha value is -0.280. The second-order valence-corrected chi connectivity index (χ2v) is 6.64. The van der Waals surface area contributed by atoms with Gasteiger partial charge in [0.2, 0.25) is 0 Å². The van der Waals surface area contributed by atoms with Crippen molar-refractivity contribution < 1.29 is 0 Å². The first kappa shape index (κ1) is 16.1. The minimum absolute atomic E-state index is 0.0955. The third-order valence-electron chi connectivity index (χ3n) is 4.36. The van der Waals surface area contributed by atoms with Crippen LogP contribution in [0.5, 0.6) is 0 Å². The smallest absolute Gasteiger partial charge is 0.0497 e. The summed E-state index contributed by atoms with van der Waals surface area (Å²) in [4.78, 5) is 2.32. The number of hydrogen-bond acceptors (Lipinski definition) is 2. The fourth-order valence-corrected chi connectivity index (χ4v) is 3.90. The SMILES string of the molecule is CN(CC1CCCCC1)C(CN)c1c(Cl)cccc1Cl. The summed E-state index contributed by atoms with van der Waals surface area (Å²) < 4.78 is 0. The molecule has 0 aromatic heterocycles. The van der Waals surface area contributed by atoms with Gasteiger partial charge in [0.1, 0.15) is 0 Å². The summed E-state index contributed by atoms with van der Waals surface area (Å²) in [6.07, 6.45) is 6.77. The summed E-state index contributed by atoms with van der Waals surface area (Å²) in [7, 11) is 2.13. The van der Waals surface area contributed by atoms with E-state index < -0.39 is 0 Å². The quantitative estimate of drug-likeness (QED) is 0.866.